The summed E-state index contributed by atoms with van der Waals surface area (Å²) >= 11 is 0. The Balaban J connectivity index is 2.16. The SMILES string of the molecule is CCCNC[C@]1(O)[C@H](C)O[C@@H](O[C@@H]2C(C)C(=O)O[C@H](CC)[C@@](C)(O)[C@H](O)[C@@H](C)NC[C@H](C)C[C@@](C)(O)[C@H](O[C@@H]3O[C@H](C)C[C@H](N(C)C)[C@H]3O)[C@H]2C)C[C@@]1(C)OC. The summed E-state index contributed by atoms with van der Waals surface area (Å²) in [5.41, 5.74) is -5.95. The first-order chi connectivity index (χ1) is 25.9. The third kappa shape index (κ3) is 11.0. The average molecular weight is 806 g/mol. The summed E-state index contributed by atoms with van der Waals surface area (Å²) in [5, 5.41) is 65.8. The van der Waals surface area contributed by atoms with Gasteiger partial charge in [0.25, 0.3) is 0 Å². The summed E-state index contributed by atoms with van der Waals surface area (Å²) in [5.74, 6) is -2.66. The lowest BCUT2D eigenvalue weighted by atomic mass is 9.75. The van der Waals surface area contributed by atoms with Gasteiger partial charge in [-0.3, -0.25) is 4.79 Å². The number of likely N-dealkylation sites (N-methyl/N-ethyl adjacent to an activating group) is 1. The summed E-state index contributed by atoms with van der Waals surface area (Å²) < 4.78 is 38.3. The fourth-order valence-corrected chi connectivity index (χ4v) is 9.21. The Morgan fingerprint density at radius 3 is 2.18 bits per heavy atom. The highest BCUT2D eigenvalue weighted by atomic mass is 16.7. The van der Waals surface area contributed by atoms with Gasteiger partial charge < -0.3 is 69.5 Å². The minimum Gasteiger partial charge on any atom is -0.459 e. The van der Waals surface area contributed by atoms with E-state index in [1.165, 1.54) is 14.0 Å². The Hall–Kier alpha value is -1.05. The van der Waals surface area contributed by atoms with Crippen LogP contribution in [-0.2, 0) is 33.2 Å². The van der Waals surface area contributed by atoms with Crippen LogP contribution in [0.3, 0.4) is 0 Å². The van der Waals surface area contributed by atoms with Crippen LogP contribution in [0.4, 0.5) is 0 Å². The fraction of sp³-hybridized carbons (Fsp3) is 0.976. The molecule has 3 rings (SSSR count). The molecule has 0 saturated carbocycles. The van der Waals surface area contributed by atoms with Gasteiger partial charge >= 0.3 is 5.97 Å². The molecule has 3 heterocycles. The van der Waals surface area contributed by atoms with Crippen molar-refractivity contribution >= 4 is 5.97 Å². The number of nitrogens with one attached hydrogen (secondary N) is 2. The first-order valence-electron chi connectivity index (χ1n) is 20.9. The third-order valence-electron chi connectivity index (χ3n) is 13.0. The van der Waals surface area contributed by atoms with Gasteiger partial charge in [-0.05, 0) is 107 Å². The van der Waals surface area contributed by atoms with Crippen LogP contribution in [0, 0.1) is 17.8 Å². The summed E-state index contributed by atoms with van der Waals surface area (Å²) in [6, 6.07) is -0.877. The zero-order valence-electron chi connectivity index (χ0n) is 36.8. The number of nitrogens with zero attached hydrogens (tertiary/aromatic N) is 1. The van der Waals surface area contributed by atoms with Crippen molar-refractivity contribution in [3.63, 3.8) is 0 Å². The van der Waals surface area contributed by atoms with Crippen LogP contribution in [0.1, 0.15) is 108 Å². The van der Waals surface area contributed by atoms with Gasteiger partial charge in [-0.1, -0.05) is 27.7 Å². The van der Waals surface area contributed by atoms with Crippen molar-refractivity contribution in [2.45, 2.75) is 198 Å². The number of rotatable bonds is 11. The molecule has 15 heteroatoms. The van der Waals surface area contributed by atoms with E-state index in [2.05, 4.69) is 10.6 Å². The second-order valence-electron chi connectivity index (χ2n) is 18.2. The van der Waals surface area contributed by atoms with Gasteiger partial charge in [0.05, 0.1) is 35.9 Å². The first kappa shape index (κ1) is 49.3. The number of carbonyl (C=O) groups excluding carboxylic acids is 1. The highest BCUT2D eigenvalue weighted by molar-refractivity contribution is 5.73. The van der Waals surface area contributed by atoms with Gasteiger partial charge in [0.1, 0.15) is 35.1 Å². The molecule has 56 heavy (non-hydrogen) atoms. The lowest BCUT2D eigenvalue weighted by Crippen LogP contribution is -2.70. The Bertz CT molecular complexity index is 1230. The van der Waals surface area contributed by atoms with E-state index in [1.807, 2.05) is 53.6 Å². The van der Waals surface area contributed by atoms with Gasteiger partial charge in [-0.2, -0.15) is 0 Å². The molecule has 0 aliphatic carbocycles. The minimum absolute atomic E-state index is 0.0939. The molecule has 15 nitrogen and oxygen atoms in total. The van der Waals surface area contributed by atoms with Crippen LogP contribution in [0.15, 0.2) is 0 Å². The number of hydrogen-bond donors (Lipinski definition) is 7. The molecule has 7 N–H and O–H groups in total. The Morgan fingerprint density at radius 2 is 1.61 bits per heavy atom. The van der Waals surface area contributed by atoms with Gasteiger partial charge in [0.15, 0.2) is 12.6 Å². The number of carbonyl (C=O) groups is 1. The second-order valence-corrected chi connectivity index (χ2v) is 18.2. The quantitative estimate of drug-likeness (QED) is 0.118. The lowest BCUT2D eigenvalue weighted by molar-refractivity contribution is -0.336. The standard InChI is InChI=1S/C41H79N3O12/c1-15-17-42-22-41(50)28(8)53-31(20-39(41,10)51-14)55-33-25(5)35(56-37-32(45)29(44(12)13)18-24(4)52-37)38(9,48)19-23(3)21-43-27(7)34(46)40(11,49)30(16-2)54-36(47)26(33)6/h23-35,37,42-43,45-46,48-50H,15-22H2,1-14H3/t23-,24-,25+,26?,27-,28+,29+,30-,31+,32-,33+,34-,35-,37+,38-,39-,40-,41+/m1/s1. The van der Waals surface area contributed by atoms with E-state index >= 15 is 0 Å². The van der Waals surface area contributed by atoms with E-state index in [1.54, 1.807) is 34.6 Å². The Kier molecular flexibility index (Phi) is 17.6. The molecule has 0 aromatic heterocycles. The van der Waals surface area contributed by atoms with Crippen LogP contribution >= 0.6 is 0 Å². The van der Waals surface area contributed by atoms with E-state index < -0.39 is 95.5 Å². The zero-order valence-corrected chi connectivity index (χ0v) is 36.8. The number of aliphatic hydroxyl groups is 5. The number of cyclic esters (lactones) is 1. The van der Waals surface area contributed by atoms with Crippen molar-refractivity contribution in [2.24, 2.45) is 17.8 Å². The number of esters is 1. The number of ether oxygens (including phenoxy) is 6. The highest BCUT2D eigenvalue weighted by Crippen LogP contribution is 2.43. The number of aliphatic hydroxyl groups excluding tert-OH is 2. The van der Waals surface area contributed by atoms with E-state index in [-0.39, 0.29) is 43.9 Å². The highest BCUT2D eigenvalue weighted by Gasteiger charge is 2.58. The van der Waals surface area contributed by atoms with E-state index in [9.17, 15) is 30.3 Å². The molecule has 0 amide bonds. The number of methoxy groups -OCH3 is 1. The zero-order chi connectivity index (χ0) is 42.6. The monoisotopic (exact) mass is 806 g/mol. The van der Waals surface area contributed by atoms with E-state index in [0.717, 1.165) is 6.42 Å². The Labute approximate surface area is 336 Å². The Morgan fingerprint density at radius 1 is 0.964 bits per heavy atom. The third-order valence-corrected chi connectivity index (χ3v) is 13.0. The summed E-state index contributed by atoms with van der Waals surface area (Å²) in [6.07, 6.45) is -6.71. The topological polar surface area (TPSA) is 201 Å². The maximum Gasteiger partial charge on any atom is 0.311 e. The maximum absolute atomic E-state index is 14.3. The van der Waals surface area contributed by atoms with Crippen molar-refractivity contribution in [1.82, 2.24) is 15.5 Å². The molecular formula is C41H79N3O12. The molecule has 3 fully saturated rings. The molecule has 0 aromatic carbocycles. The second kappa shape index (κ2) is 20.0. The normalized spacial score (nSPS) is 47.9. The predicted octanol–water partition coefficient (Wildman–Crippen LogP) is 1.93. The summed E-state index contributed by atoms with van der Waals surface area (Å²) in [7, 11) is 5.31. The van der Waals surface area contributed by atoms with Crippen molar-refractivity contribution in [2.75, 3.05) is 40.8 Å². The largest absolute Gasteiger partial charge is 0.459 e. The van der Waals surface area contributed by atoms with Crippen molar-refractivity contribution in [1.29, 1.82) is 0 Å². The molecular weight excluding hydrogens is 726 g/mol. The smallest absolute Gasteiger partial charge is 0.311 e. The number of hydrogen-bond acceptors (Lipinski definition) is 15. The summed E-state index contributed by atoms with van der Waals surface area (Å²) in [4.78, 5) is 16.2. The minimum atomic E-state index is -1.81. The molecule has 3 aliphatic rings. The van der Waals surface area contributed by atoms with Crippen molar-refractivity contribution in [3.8, 4) is 0 Å². The molecule has 0 radical (unpaired) electrons. The van der Waals surface area contributed by atoms with Crippen LogP contribution < -0.4 is 10.6 Å². The van der Waals surface area contributed by atoms with Gasteiger partial charge in [0.2, 0.25) is 0 Å². The van der Waals surface area contributed by atoms with Gasteiger partial charge in [-0.25, -0.2) is 0 Å². The van der Waals surface area contributed by atoms with E-state index in [0.29, 0.717) is 19.5 Å². The van der Waals surface area contributed by atoms with Crippen molar-refractivity contribution < 1.29 is 58.7 Å². The molecule has 3 saturated heterocycles. The molecule has 3 aliphatic heterocycles. The molecule has 1 unspecified atom stereocenters. The van der Waals surface area contributed by atoms with Crippen LogP contribution in [0.2, 0.25) is 0 Å². The van der Waals surface area contributed by atoms with Gasteiger partial charge in [0, 0.05) is 38.1 Å². The molecule has 0 aromatic rings. The summed E-state index contributed by atoms with van der Waals surface area (Å²) in [6.45, 7) is 20.9. The molecule has 18 atom stereocenters. The predicted molar refractivity (Wildman–Crippen MR) is 212 cm³/mol. The average Bonchev–Trinajstić information content (AvgIpc) is 3.12. The van der Waals surface area contributed by atoms with Crippen LogP contribution in [0.25, 0.3) is 0 Å². The van der Waals surface area contributed by atoms with Crippen LogP contribution in [0.5, 0.6) is 0 Å². The fourth-order valence-electron chi connectivity index (χ4n) is 9.21. The molecule has 0 spiro atoms. The van der Waals surface area contributed by atoms with Crippen LogP contribution in [-0.4, -0.2) is 167 Å². The van der Waals surface area contributed by atoms with Gasteiger partial charge in [-0.15, -0.1) is 0 Å². The van der Waals surface area contributed by atoms with E-state index in [4.69, 9.17) is 28.4 Å². The van der Waals surface area contributed by atoms with Crippen molar-refractivity contribution in [3.05, 3.63) is 0 Å². The maximum atomic E-state index is 14.3. The molecule has 0 bridgehead atoms. The molecule has 330 valence electrons. The lowest BCUT2D eigenvalue weighted by Gasteiger charge is -2.53. The first-order valence-corrected chi connectivity index (χ1v) is 20.9.